The minimum Gasteiger partial charge on any atom is -0.497 e. The summed E-state index contributed by atoms with van der Waals surface area (Å²) in [5.74, 6) is -0.111. The van der Waals surface area contributed by atoms with Crippen molar-refractivity contribution >= 4 is 34.9 Å². The van der Waals surface area contributed by atoms with Crippen LogP contribution in [0.25, 0.3) is 0 Å². The van der Waals surface area contributed by atoms with Gasteiger partial charge in [-0.3, -0.25) is 19.3 Å². The second-order valence-corrected chi connectivity index (χ2v) is 10.0. The van der Waals surface area contributed by atoms with E-state index in [0.717, 1.165) is 24.5 Å². The van der Waals surface area contributed by atoms with Gasteiger partial charge in [-0.05, 0) is 79.7 Å². The fraction of sp³-hybridized carbons (Fsp3) is 0.312. The molecule has 0 aromatic heterocycles. The lowest BCUT2D eigenvalue weighted by molar-refractivity contribution is -0.123. The fourth-order valence-corrected chi connectivity index (χ4v) is 5.21. The van der Waals surface area contributed by atoms with Gasteiger partial charge in [0.1, 0.15) is 11.5 Å². The third kappa shape index (κ3) is 6.28. The van der Waals surface area contributed by atoms with Crippen LogP contribution in [0.5, 0.6) is 11.5 Å². The highest BCUT2D eigenvalue weighted by atomic mass is 16.5. The number of carbonyl (C=O) groups excluding carboxylic acids is 4. The first-order valence-electron chi connectivity index (χ1n) is 13.9. The van der Waals surface area contributed by atoms with Gasteiger partial charge >= 0.3 is 5.97 Å². The van der Waals surface area contributed by atoms with Gasteiger partial charge in [-0.1, -0.05) is 0 Å². The SMILES string of the molecule is CCOc1ccc(C(=O)COC(=O)c2ccc(N3C(=O)CC(N4CCN(c5ccc(OC)cc5)CC4)C3=O)cc2)cc1. The number of imide groups is 1. The maximum Gasteiger partial charge on any atom is 0.338 e. The van der Waals surface area contributed by atoms with Crippen molar-refractivity contribution < 1.29 is 33.4 Å². The Balaban J connectivity index is 1.14. The molecule has 10 heteroatoms. The van der Waals surface area contributed by atoms with Crippen LogP contribution in [0.3, 0.4) is 0 Å². The summed E-state index contributed by atoms with van der Waals surface area (Å²) in [6.07, 6.45) is 0.110. The van der Waals surface area contributed by atoms with Crippen molar-refractivity contribution in [1.29, 1.82) is 0 Å². The number of anilines is 2. The molecule has 2 aliphatic heterocycles. The van der Waals surface area contributed by atoms with E-state index < -0.39 is 18.6 Å². The number of nitrogens with zero attached hydrogens (tertiary/aromatic N) is 3. The number of esters is 1. The predicted octanol–water partition coefficient (Wildman–Crippen LogP) is 3.59. The van der Waals surface area contributed by atoms with Crippen LogP contribution in [-0.2, 0) is 14.3 Å². The Hall–Kier alpha value is -4.70. The fourth-order valence-electron chi connectivity index (χ4n) is 5.21. The van der Waals surface area contributed by atoms with E-state index >= 15 is 0 Å². The monoisotopic (exact) mass is 571 g/mol. The molecule has 1 unspecified atom stereocenters. The number of ketones is 1. The molecule has 2 saturated heterocycles. The number of Topliss-reactive ketones (excluding diaryl/α,β-unsaturated/α-hetero) is 1. The molecule has 3 aromatic carbocycles. The van der Waals surface area contributed by atoms with E-state index in [4.69, 9.17) is 14.2 Å². The summed E-state index contributed by atoms with van der Waals surface area (Å²) in [7, 11) is 1.63. The number of hydrogen-bond acceptors (Lipinski definition) is 9. The zero-order valence-corrected chi connectivity index (χ0v) is 23.7. The lowest BCUT2D eigenvalue weighted by Crippen LogP contribution is -2.52. The Kier molecular flexibility index (Phi) is 8.83. The van der Waals surface area contributed by atoms with Crippen LogP contribution in [0.4, 0.5) is 11.4 Å². The summed E-state index contributed by atoms with van der Waals surface area (Å²) in [6, 6.07) is 20.0. The molecule has 218 valence electrons. The van der Waals surface area contributed by atoms with E-state index in [1.54, 1.807) is 43.5 Å². The molecule has 2 fully saturated rings. The van der Waals surface area contributed by atoms with Gasteiger partial charge in [-0.15, -0.1) is 0 Å². The Bertz CT molecular complexity index is 1430. The van der Waals surface area contributed by atoms with Crippen LogP contribution in [0.1, 0.15) is 34.1 Å². The van der Waals surface area contributed by atoms with Crippen molar-refractivity contribution in [3.8, 4) is 11.5 Å². The van der Waals surface area contributed by atoms with E-state index in [1.165, 1.54) is 17.0 Å². The van der Waals surface area contributed by atoms with Crippen molar-refractivity contribution in [1.82, 2.24) is 4.90 Å². The number of rotatable bonds is 10. The van der Waals surface area contributed by atoms with E-state index in [1.807, 2.05) is 31.2 Å². The second-order valence-electron chi connectivity index (χ2n) is 10.0. The summed E-state index contributed by atoms with van der Waals surface area (Å²) in [4.78, 5) is 56.7. The van der Waals surface area contributed by atoms with Crippen LogP contribution < -0.4 is 19.3 Å². The molecule has 42 heavy (non-hydrogen) atoms. The number of amides is 2. The molecule has 1 atom stereocenters. The van der Waals surface area contributed by atoms with Crippen LogP contribution in [0.2, 0.25) is 0 Å². The average molecular weight is 572 g/mol. The standard InChI is InChI=1S/C32H33N3O7/c1-3-41-27-12-6-22(7-13-27)29(36)21-42-32(39)23-4-8-25(9-5-23)35-30(37)20-28(31(35)38)34-18-16-33(17-19-34)24-10-14-26(40-2)15-11-24/h4-15,28H,3,16-21H2,1-2H3. The van der Waals surface area contributed by atoms with Crippen molar-refractivity contribution in [2.24, 2.45) is 0 Å². The van der Waals surface area contributed by atoms with Gasteiger partial charge in [0.25, 0.3) is 5.91 Å². The average Bonchev–Trinajstić information content (AvgIpc) is 3.33. The molecular weight excluding hydrogens is 538 g/mol. The maximum atomic E-state index is 13.3. The Morgan fingerprint density at radius 3 is 2.00 bits per heavy atom. The predicted molar refractivity (Wildman–Crippen MR) is 156 cm³/mol. The Morgan fingerprint density at radius 1 is 0.786 bits per heavy atom. The summed E-state index contributed by atoms with van der Waals surface area (Å²) < 4.78 is 15.8. The third-order valence-corrected chi connectivity index (χ3v) is 7.50. The Labute approximate surface area is 244 Å². The minimum atomic E-state index is -0.674. The van der Waals surface area contributed by atoms with Crippen molar-refractivity contribution in [3.05, 3.63) is 83.9 Å². The van der Waals surface area contributed by atoms with Crippen LogP contribution >= 0.6 is 0 Å². The molecule has 0 aliphatic carbocycles. The van der Waals surface area contributed by atoms with Crippen molar-refractivity contribution in [3.63, 3.8) is 0 Å². The van der Waals surface area contributed by atoms with Crippen LogP contribution in [0, 0.1) is 0 Å². The second kappa shape index (κ2) is 12.9. The molecular formula is C32H33N3O7. The molecule has 0 N–H and O–H groups in total. The zero-order valence-electron chi connectivity index (χ0n) is 23.7. The molecule has 0 spiro atoms. The van der Waals surface area contributed by atoms with Gasteiger partial charge in [0.2, 0.25) is 5.91 Å². The van der Waals surface area contributed by atoms with E-state index in [2.05, 4.69) is 9.80 Å². The molecule has 2 heterocycles. The maximum absolute atomic E-state index is 13.3. The smallest absolute Gasteiger partial charge is 0.338 e. The minimum absolute atomic E-state index is 0.110. The Morgan fingerprint density at radius 2 is 1.38 bits per heavy atom. The highest BCUT2D eigenvalue weighted by molar-refractivity contribution is 6.22. The van der Waals surface area contributed by atoms with Gasteiger partial charge in [0.15, 0.2) is 12.4 Å². The quantitative estimate of drug-likeness (QED) is 0.205. The summed E-state index contributed by atoms with van der Waals surface area (Å²) in [5, 5.41) is 0. The van der Waals surface area contributed by atoms with Crippen LogP contribution in [-0.4, -0.2) is 81.0 Å². The largest absolute Gasteiger partial charge is 0.497 e. The van der Waals surface area contributed by atoms with Gasteiger partial charge in [0, 0.05) is 37.4 Å². The molecule has 5 rings (SSSR count). The molecule has 2 aliphatic rings. The molecule has 2 amide bonds. The first-order chi connectivity index (χ1) is 20.4. The summed E-state index contributed by atoms with van der Waals surface area (Å²) in [6.45, 7) is 4.77. The summed E-state index contributed by atoms with van der Waals surface area (Å²) in [5.41, 5.74) is 2.10. The van der Waals surface area contributed by atoms with E-state index in [9.17, 15) is 19.2 Å². The summed E-state index contributed by atoms with van der Waals surface area (Å²) >= 11 is 0. The van der Waals surface area contributed by atoms with Gasteiger partial charge < -0.3 is 19.1 Å². The molecule has 0 saturated carbocycles. The zero-order chi connectivity index (χ0) is 29.6. The molecule has 10 nitrogen and oxygen atoms in total. The number of benzene rings is 3. The van der Waals surface area contributed by atoms with Crippen molar-refractivity contribution in [2.75, 3.05) is 56.3 Å². The third-order valence-electron chi connectivity index (χ3n) is 7.50. The van der Waals surface area contributed by atoms with E-state index in [0.29, 0.717) is 36.7 Å². The first-order valence-corrected chi connectivity index (χ1v) is 13.9. The number of piperazine rings is 1. The molecule has 3 aromatic rings. The lowest BCUT2D eigenvalue weighted by atomic mass is 10.1. The lowest BCUT2D eigenvalue weighted by Gasteiger charge is -2.38. The molecule has 0 bridgehead atoms. The van der Waals surface area contributed by atoms with Crippen molar-refractivity contribution in [2.45, 2.75) is 19.4 Å². The molecule has 0 radical (unpaired) electrons. The number of ether oxygens (including phenoxy) is 3. The van der Waals surface area contributed by atoms with Gasteiger partial charge in [-0.2, -0.15) is 0 Å². The normalized spacial score (nSPS) is 17.3. The number of hydrogen-bond donors (Lipinski definition) is 0. The van der Waals surface area contributed by atoms with E-state index in [-0.39, 0.29) is 29.6 Å². The van der Waals surface area contributed by atoms with Gasteiger partial charge in [-0.25, -0.2) is 9.69 Å². The highest BCUT2D eigenvalue weighted by Gasteiger charge is 2.43. The first kappa shape index (κ1) is 28.8. The number of carbonyl (C=O) groups is 4. The van der Waals surface area contributed by atoms with Crippen LogP contribution in [0.15, 0.2) is 72.8 Å². The highest BCUT2D eigenvalue weighted by Crippen LogP contribution is 2.28. The topological polar surface area (TPSA) is 106 Å². The number of methoxy groups -OCH3 is 1. The van der Waals surface area contributed by atoms with Gasteiger partial charge in [0.05, 0.1) is 37.4 Å².